The highest BCUT2D eigenvalue weighted by molar-refractivity contribution is 5.75. The van der Waals surface area contributed by atoms with E-state index in [4.69, 9.17) is 4.74 Å². The fraction of sp³-hybridized carbons (Fsp3) is 0.538. The molecule has 0 unspecified atom stereocenters. The van der Waals surface area contributed by atoms with Crippen molar-refractivity contribution in [1.82, 2.24) is 19.1 Å². The number of imidazole rings is 1. The molecule has 20 heavy (non-hydrogen) atoms. The first-order valence-corrected chi connectivity index (χ1v) is 6.51. The number of rotatable bonds is 6. The van der Waals surface area contributed by atoms with E-state index < -0.39 is 0 Å². The van der Waals surface area contributed by atoms with Gasteiger partial charge in [-0.25, -0.2) is 4.98 Å². The van der Waals surface area contributed by atoms with Crippen LogP contribution in [0.2, 0.25) is 0 Å². The molecule has 0 aliphatic rings. The van der Waals surface area contributed by atoms with Gasteiger partial charge < -0.3 is 14.1 Å². The summed E-state index contributed by atoms with van der Waals surface area (Å²) in [6.07, 6.45) is 3.64. The highest BCUT2D eigenvalue weighted by Crippen LogP contribution is 2.12. The summed E-state index contributed by atoms with van der Waals surface area (Å²) < 4.78 is 8.80. The second-order valence-electron chi connectivity index (χ2n) is 4.79. The molecule has 2 rings (SSSR count). The number of unbranched alkanes of at least 4 members (excludes halogenated alkanes) is 1. The van der Waals surface area contributed by atoms with Gasteiger partial charge in [0.2, 0.25) is 0 Å². The molecule has 0 saturated heterocycles. The second kappa shape index (κ2) is 5.85. The average molecular weight is 278 g/mol. The van der Waals surface area contributed by atoms with Crippen LogP contribution in [-0.2, 0) is 18.9 Å². The van der Waals surface area contributed by atoms with E-state index >= 15 is 0 Å². The monoisotopic (exact) mass is 278 g/mol. The van der Waals surface area contributed by atoms with Crippen LogP contribution in [0, 0.1) is 0 Å². The molecule has 7 heteroatoms. The van der Waals surface area contributed by atoms with E-state index in [9.17, 15) is 9.59 Å². The van der Waals surface area contributed by atoms with Crippen molar-refractivity contribution in [2.45, 2.75) is 26.2 Å². The zero-order chi connectivity index (χ0) is 14.7. The van der Waals surface area contributed by atoms with Gasteiger partial charge in [-0.3, -0.25) is 9.36 Å². The number of nitrogens with zero attached hydrogens (tertiary/aromatic N) is 4. The van der Waals surface area contributed by atoms with Crippen molar-refractivity contribution in [2.24, 2.45) is 14.1 Å². The maximum absolute atomic E-state index is 11.9. The number of ketones is 1. The number of carbonyl (C=O) groups excluding carboxylic acids is 1. The maximum atomic E-state index is 11.9. The molecule has 0 fully saturated rings. The third-order valence-electron chi connectivity index (χ3n) is 3.08. The van der Waals surface area contributed by atoms with Gasteiger partial charge in [-0.1, -0.05) is 0 Å². The average Bonchev–Trinajstić information content (AvgIpc) is 2.77. The van der Waals surface area contributed by atoms with Gasteiger partial charge in [0.1, 0.15) is 5.78 Å². The van der Waals surface area contributed by atoms with Crippen LogP contribution in [-0.4, -0.2) is 31.5 Å². The fourth-order valence-electron chi connectivity index (χ4n) is 1.98. The lowest BCUT2D eigenvalue weighted by molar-refractivity contribution is -0.117. The third kappa shape index (κ3) is 2.87. The maximum Gasteiger partial charge on any atom is 0.302 e. The molecule has 2 aromatic heterocycles. The Morgan fingerprint density at radius 2 is 2.10 bits per heavy atom. The summed E-state index contributed by atoms with van der Waals surface area (Å²) in [5, 5.41) is 0. The van der Waals surface area contributed by atoms with Crippen LogP contribution in [0.1, 0.15) is 26.2 Å². The van der Waals surface area contributed by atoms with Gasteiger partial charge in [0.15, 0.2) is 11.2 Å². The van der Waals surface area contributed by atoms with Crippen LogP contribution in [0.5, 0.6) is 6.01 Å². The quantitative estimate of drug-likeness (QED) is 0.730. The Hall–Kier alpha value is -2.18. The van der Waals surface area contributed by atoms with Crippen molar-refractivity contribution >= 4 is 16.9 Å². The smallest absolute Gasteiger partial charge is 0.302 e. The molecular weight excluding hydrogens is 260 g/mol. The zero-order valence-corrected chi connectivity index (χ0v) is 11.9. The third-order valence-corrected chi connectivity index (χ3v) is 3.08. The second-order valence-corrected chi connectivity index (χ2v) is 4.79. The number of hydrogen-bond donors (Lipinski definition) is 0. The molecule has 2 aromatic rings. The van der Waals surface area contributed by atoms with Crippen LogP contribution in [0.25, 0.3) is 11.2 Å². The lowest BCUT2D eigenvalue weighted by Crippen LogP contribution is -2.17. The van der Waals surface area contributed by atoms with Crippen molar-refractivity contribution in [3.63, 3.8) is 0 Å². The molecule has 7 nitrogen and oxygen atoms in total. The molecule has 2 heterocycles. The standard InChI is InChI=1S/C13H18N4O3/c1-9(18)6-4-5-7-20-13-15-12(19)10-11(17(13)3)14-8-16(10)2/h8H,4-7H2,1-3H3. The molecule has 0 aromatic carbocycles. The molecular formula is C13H18N4O3. The van der Waals surface area contributed by atoms with E-state index in [2.05, 4.69) is 9.97 Å². The number of aromatic nitrogens is 4. The first-order chi connectivity index (χ1) is 9.50. The van der Waals surface area contributed by atoms with Gasteiger partial charge in [0.05, 0.1) is 12.9 Å². The van der Waals surface area contributed by atoms with Gasteiger partial charge in [0, 0.05) is 20.5 Å². The van der Waals surface area contributed by atoms with Gasteiger partial charge in [-0.05, 0) is 19.8 Å². The lowest BCUT2D eigenvalue weighted by atomic mass is 10.2. The predicted molar refractivity (Wildman–Crippen MR) is 73.8 cm³/mol. The summed E-state index contributed by atoms with van der Waals surface area (Å²) in [6.45, 7) is 1.99. The number of hydrogen-bond acceptors (Lipinski definition) is 5. The minimum Gasteiger partial charge on any atom is -0.465 e. The van der Waals surface area contributed by atoms with Crippen LogP contribution >= 0.6 is 0 Å². The predicted octanol–water partition coefficient (Wildman–Crippen LogP) is 0.805. The number of ether oxygens (including phenoxy) is 1. The fourth-order valence-corrected chi connectivity index (χ4v) is 1.98. The number of Topliss-reactive ketones (excluding diaryl/α,β-unsaturated/α-hetero) is 1. The minimum atomic E-state index is -0.350. The van der Waals surface area contributed by atoms with Gasteiger partial charge in [-0.2, -0.15) is 4.98 Å². The van der Waals surface area contributed by atoms with Crippen LogP contribution in [0.15, 0.2) is 11.1 Å². The summed E-state index contributed by atoms with van der Waals surface area (Å²) in [5.41, 5.74) is 0.652. The highest BCUT2D eigenvalue weighted by Gasteiger charge is 2.12. The first kappa shape index (κ1) is 14.2. The molecule has 108 valence electrons. The van der Waals surface area contributed by atoms with Gasteiger partial charge in [-0.15, -0.1) is 0 Å². The van der Waals surface area contributed by atoms with Crippen molar-refractivity contribution < 1.29 is 9.53 Å². The zero-order valence-electron chi connectivity index (χ0n) is 11.9. The SMILES string of the molecule is CC(=O)CCCCOc1nc(=O)c2c(ncn2C)n1C. The number of aryl methyl sites for hydroxylation is 2. The van der Waals surface area contributed by atoms with E-state index in [0.29, 0.717) is 24.2 Å². The molecule has 0 spiro atoms. The van der Waals surface area contributed by atoms with Crippen LogP contribution in [0.4, 0.5) is 0 Å². The molecule has 0 N–H and O–H groups in total. The molecule has 0 aliphatic carbocycles. The van der Waals surface area contributed by atoms with Crippen molar-refractivity contribution in [3.8, 4) is 6.01 Å². The Morgan fingerprint density at radius 3 is 2.80 bits per heavy atom. The largest absolute Gasteiger partial charge is 0.465 e. The van der Waals surface area contributed by atoms with E-state index in [-0.39, 0.29) is 17.4 Å². The Kier molecular flexibility index (Phi) is 4.16. The topological polar surface area (TPSA) is 79.0 Å². The van der Waals surface area contributed by atoms with Crippen molar-refractivity contribution in [1.29, 1.82) is 0 Å². The Labute approximate surface area is 116 Å². The van der Waals surface area contributed by atoms with E-state index in [0.717, 1.165) is 12.8 Å². The van der Waals surface area contributed by atoms with E-state index in [1.807, 2.05) is 0 Å². The van der Waals surface area contributed by atoms with Crippen molar-refractivity contribution in [3.05, 3.63) is 16.7 Å². The van der Waals surface area contributed by atoms with Crippen LogP contribution < -0.4 is 10.3 Å². The number of carbonyl (C=O) groups is 1. The normalized spacial score (nSPS) is 10.9. The Bertz CT molecular complexity index is 687. The molecule has 0 saturated carbocycles. The van der Waals surface area contributed by atoms with Gasteiger partial charge >= 0.3 is 11.6 Å². The summed E-state index contributed by atoms with van der Waals surface area (Å²) in [6, 6.07) is 0.254. The van der Waals surface area contributed by atoms with E-state index in [1.54, 1.807) is 36.5 Å². The van der Waals surface area contributed by atoms with Crippen LogP contribution in [0.3, 0.4) is 0 Å². The van der Waals surface area contributed by atoms with Gasteiger partial charge in [0.25, 0.3) is 0 Å². The van der Waals surface area contributed by atoms with E-state index in [1.165, 1.54) is 0 Å². The summed E-state index contributed by atoms with van der Waals surface area (Å²) in [5.74, 6) is 0.172. The summed E-state index contributed by atoms with van der Waals surface area (Å²) in [4.78, 5) is 30.8. The molecule has 0 aliphatic heterocycles. The minimum absolute atomic E-state index is 0.172. The Balaban J connectivity index is 2.09. The summed E-state index contributed by atoms with van der Waals surface area (Å²) >= 11 is 0. The number of fused-ring (bicyclic) bond motifs is 1. The molecule has 0 atom stereocenters. The lowest BCUT2D eigenvalue weighted by Gasteiger charge is -2.09. The Morgan fingerprint density at radius 1 is 1.35 bits per heavy atom. The molecule has 0 bridgehead atoms. The summed E-state index contributed by atoms with van der Waals surface area (Å²) in [7, 11) is 3.51. The first-order valence-electron chi connectivity index (χ1n) is 6.51. The molecule has 0 amide bonds. The molecule has 0 radical (unpaired) electrons. The highest BCUT2D eigenvalue weighted by atomic mass is 16.5. The van der Waals surface area contributed by atoms with Crippen molar-refractivity contribution in [2.75, 3.05) is 6.61 Å².